The minimum atomic E-state index is -0.567. The van der Waals surface area contributed by atoms with E-state index < -0.39 is 12.1 Å². The largest absolute Gasteiger partial charge is 0.494 e. The molecule has 4 N–H and O–H groups in total. The van der Waals surface area contributed by atoms with Gasteiger partial charge in [-0.15, -0.1) is 11.3 Å². The second kappa shape index (κ2) is 7.86. The minimum absolute atomic E-state index is 0.119. The molecule has 0 spiro atoms. The molecule has 0 radical (unpaired) electrons. The van der Waals surface area contributed by atoms with Crippen LogP contribution in [0.25, 0.3) is 32.8 Å². The van der Waals surface area contributed by atoms with Gasteiger partial charge in [0.1, 0.15) is 16.1 Å². The number of imidazole rings is 1. The number of amides is 1. The first-order valence-electron chi connectivity index (χ1n) is 11.4. The molecule has 2 fully saturated rings. The molecule has 8 nitrogen and oxygen atoms in total. The molecule has 1 aliphatic carbocycles. The molecule has 9 heteroatoms. The van der Waals surface area contributed by atoms with Gasteiger partial charge in [0.2, 0.25) is 0 Å². The molecule has 0 unspecified atom stereocenters. The summed E-state index contributed by atoms with van der Waals surface area (Å²) in [5, 5.41) is 13.3. The summed E-state index contributed by atoms with van der Waals surface area (Å²) in [6.07, 6.45) is 2.47. The van der Waals surface area contributed by atoms with Crippen molar-refractivity contribution in [2.24, 2.45) is 11.7 Å². The molecule has 1 saturated heterocycles. The molecule has 0 bridgehead atoms. The average Bonchev–Trinajstić information content (AvgIpc) is 3.19. The van der Waals surface area contributed by atoms with Crippen LogP contribution in [0.2, 0.25) is 0 Å². The van der Waals surface area contributed by atoms with Gasteiger partial charge >= 0.3 is 0 Å². The van der Waals surface area contributed by atoms with Crippen LogP contribution >= 0.6 is 11.3 Å². The number of thiophene rings is 1. The first-order chi connectivity index (χ1) is 16.0. The standard InChI is InChI=1S/C24H27N5O3S/c1-32-20-10-15(23(31)28-6-4-19(30)16(25)12-28)8-17-21(20)27-22(26-17)18-9-14-5-7-33-24(14)29(18)11-13-2-3-13/h5,7-10,13,16,19,30H,2-4,6,11-12,25H2,1H3,(H,26,27)/t16-,19+/m0/s1. The lowest BCUT2D eigenvalue weighted by molar-refractivity contribution is 0.0459. The molecule has 1 saturated carbocycles. The van der Waals surface area contributed by atoms with Gasteiger partial charge in [-0.05, 0) is 54.8 Å². The highest BCUT2D eigenvalue weighted by Gasteiger charge is 2.29. The fourth-order valence-electron chi connectivity index (χ4n) is 4.73. The number of nitrogens with two attached hydrogens (primary N) is 1. The van der Waals surface area contributed by atoms with Gasteiger partial charge in [0, 0.05) is 36.6 Å². The summed E-state index contributed by atoms with van der Waals surface area (Å²) in [6.45, 7) is 1.81. The Kier molecular flexibility index (Phi) is 4.93. The van der Waals surface area contributed by atoms with E-state index in [2.05, 4.69) is 27.1 Å². The lowest BCUT2D eigenvalue weighted by atomic mass is 10.0. The van der Waals surface area contributed by atoms with Gasteiger partial charge in [-0.1, -0.05) is 0 Å². The number of aliphatic hydroxyl groups is 1. The van der Waals surface area contributed by atoms with Crippen LogP contribution in [-0.2, 0) is 6.54 Å². The monoisotopic (exact) mass is 465 g/mol. The zero-order valence-electron chi connectivity index (χ0n) is 18.5. The summed E-state index contributed by atoms with van der Waals surface area (Å²) in [4.78, 5) is 24.5. The van der Waals surface area contributed by atoms with Crippen molar-refractivity contribution in [3.05, 3.63) is 35.2 Å². The van der Waals surface area contributed by atoms with E-state index in [0.717, 1.165) is 29.5 Å². The quantitative estimate of drug-likeness (QED) is 0.419. The number of fused-ring (bicyclic) bond motifs is 2. The highest BCUT2D eigenvalue weighted by Crippen LogP contribution is 2.38. The molecule has 6 rings (SSSR count). The second-order valence-corrected chi connectivity index (χ2v) is 10.1. The van der Waals surface area contributed by atoms with Crippen LogP contribution in [0.5, 0.6) is 5.75 Å². The maximum atomic E-state index is 13.2. The number of methoxy groups -OCH3 is 1. The molecule has 4 aromatic rings. The van der Waals surface area contributed by atoms with E-state index in [1.165, 1.54) is 23.1 Å². The van der Waals surface area contributed by atoms with Crippen LogP contribution in [0, 0.1) is 5.92 Å². The van der Waals surface area contributed by atoms with Crippen LogP contribution in [-0.4, -0.2) is 62.8 Å². The number of H-pyrrole nitrogens is 1. The Labute approximate surface area is 195 Å². The number of nitrogens with one attached hydrogen (secondary N) is 1. The number of piperidine rings is 1. The number of nitrogens with zero attached hydrogens (tertiary/aromatic N) is 3. The van der Waals surface area contributed by atoms with E-state index in [-0.39, 0.29) is 5.91 Å². The number of aliphatic hydroxyl groups excluding tert-OH is 1. The number of likely N-dealkylation sites (tertiary alicyclic amines) is 1. The number of ether oxygens (including phenoxy) is 1. The number of aromatic nitrogens is 3. The van der Waals surface area contributed by atoms with Gasteiger partial charge in [-0.2, -0.15) is 0 Å². The topological polar surface area (TPSA) is 109 Å². The number of hydrogen-bond acceptors (Lipinski definition) is 6. The van der Waals surface area contributed by atoms with Gasteiger partial charge in [0.05, 0.1) is 24.4 Å². The number of rotatable bonds is 5. The Balaban J connectivity index is 1.40. The molecule has 1 amide bonds. The van der Waals surface area contributed by atoms with Crippen LogP contribution in [0.3, 0.4) is 0 Å². The van der Waals surface area contributed by atoms with E-state index >= 15 is 0 Å². The first kappa shape index (κ1) is 20.7. The molecule has 2 atom stereocenters. The number of carbonyl (C=O) groups excluding carboxylic acids is 1. The van der Waals surface area contributed by atoms with Gasteiger partial charge in [0.15, 0.2) is 5.82 Å². The highest BCUT2D eigenvalue weighted by molar-refractivity contribution is 7.16. The van der Waals surface area contributed by atoms with Crippen LogP contribution in [0.4, 0.5) is 0 Å². The van der Waals surface area contributed by atoms with E-state index in [4.69, 9.17) is 15.5 Å². The molecule has 1 aromatic carbocycles. The predicted octanol–water partition coefficient (Wildman–Crippen LogP) is 3.20. The van der Waals surface area contributed by atoms with Crippen LogP contribution < -0.4 is 10.5 Å². The predicted molar refractivity (Wildman–Crippen MR) is 129 cm³/mol. The summed E-state index contributed by atoms with van der Waals surface area (Å²) in [7, 11) is 1.59. The fraction of sp³-hybridized carbons (Fsp3) is 0.417. The SMILES string of the molecule is COc1cc(C(=O)N2CC[C@@H](O)[C@@H](N)C2)cc2[nH]c(-c3cc4ccsc4n3CC3CC3)nc12. The van der Waals surface area contributed by atoms with Crippen molar-refractivity contribution < 1.29 is 14.6 Å². The van der Waals surface area contributed by atoms with E-state index in [1.54, 1.807) is 29.4 Å². The smallest absolute Gasteiger partial charge is 0.254 e. The van der Waals surface area contributed by atoms with Crippen molar-refractivity contribution in [3.63, 3.8) is 0 Å². The second-order valence-electron chi connectivity index (χ2n) is 9.20. The molecule has 33 heavy (non-hydrogen) atoms. The number of benzene rings is 1. The summed E-state index contributed by atoms with van der Waals surface area (Å²) in [6, 6.07) is 7.48. The summed E-state index contributed by atoms with van der Waals surface area (Å²) >= 11 is 1.75. The van der Waals surface area contributed by atoms with Crippen molar-refractivity contribution in [2.45, 2.75) is 38.0 Å². The number of aromatic amines is 1. The summed E-state index contributed by atoms with van der Waals surface area (Å²) in [5.74, 6) is 1.95. The average molecular weight is 466 g/mol. The summed E-state index contributed by atoms with van der Waals surface area (Å²) in [5.41, 5.74) is 9.04. The normalized spacial score (nSPS) is 21.2. The Bertz CT molecular complexity index is 1350. The van der Waals surface area contributed by atoms with Gasteiger partial charge in [0.25, 0.3) is 5.91 Å². The Morgan fingerprint density at radius 2 is 2.18 bits per heavy atom. The molecular weight excluding hydrogens is 438 g/mol. The van der Waals surface area contributed by atoms with Gasteiger partial charge in [-0.25, -0.2) is 4.98 Å². The lowest BCUT2D eigenvalue weighted by Crippen LogP contribution is -2.53. The van der Waals surface area contributed by atoms with Crippen molar-refractivity contribution >= 4 is 38.5 Å². The maximum Gasteiger partial charge on any atom is 0.254 e. The zero-order chi connectivity index (χ0) is 22.7. The number of carbonyl (C=O) groups is 1. The molecule has 2 aliphatic rings. The maximum absolute atomic E-state index is 13.2. The molecular formula is C24H27N5O3S. The summed E-state index contributed by atoms with van der Waals surface area (Å²) < 4.78 is 7.99. The molecule has 3 aromatic heterocycles. The lowest BCUT2D eigenvalue weighted by Gasteiger charge is -2.34. The Hall–Kier alpha value is -2.88. The van der Waals surface area contributed by atoms with Gasteiger partial charge in [-0.3, -0.25) is 4.79 Å². The third kappa shape index (κ3) is 3.60. The minimum Gasteiger partial charge on any atom is -0.494 e. The number of hydrogen-bond donors (Lipinski definition) is 3. The Morgan fingerprint density at radius 1 is 1.33 bits per heavy atom. The van der Waals surface area contributed by atoms with Crippen molar-refractivity contribution in [1.82, 2.24) is 19.4 Å². The van der Waals surface area contributed by atoms with Gasteiger partial charge < -0.3 is 30.0 Å². The Morgan fingerprint density at radius 3 is 2.94 bits per heavy atom. The highest BCUT2D eigenvalue weighted by atomic mass is 32.1. The van der Waals surface area contributed by atoms with E-state index in [1.807, 2.05) is 6.07 Å². The van der Waals surface area contributed by atoms with E-state index in [9.17, 15) is 9.90 Å². The molecule has 1 aliphatic heterocycles. The van der Waals surface area contributed by atoms with Crippen LogP contribution in [0.1, 0.15) is 29.6 Å². The molecule has 4 heterocycles. The van der Waals surface area contributed by atoms with E-state index in [0.29, 0.717) is 36.3 Å². The van der Waals surface area contributed by atoms with Crippen molar-refractivity contribution in [2.75, 3.05) is 20.2 Å². The fourth-order valence-corrected chi connectivity index (χ4v) is 5.64. The third-order valence-corrected chi connectivity index (χ3v) is 7.76. The third-order valence-electron chi connectivity index (χ3n) is 6.81. The molecule has 172 valence electrons. The zero-order valence-corrected chi connectivity index (χ0v) is 19.3. The van der Waals surface area contributed by atoms with Crippen molar-refractivity contribution in [1.29, 1.82) is 0 Å². The first-order valence-corrected chi connectivity index (χ1v) is 12.3. The van der Waals surface area contributed by atoms with Crippen LogP contribution in [0.15, 0.2) is 29.6 Å². The van der Waals surface area contributed by atoms with Crippen molar-refractivity contribution in [3.8, 4) is 17.3 Å².